The molecule has 5 heteroatoms. The Labute approximate surface area is 101 Å². The molecule has 4 nitrogen and oxygen atoms in total. The molecule has 90 valence electrons. The van der Waals surface area contributed by atoms with Gasteiger partial charge >= 0.3 is 0 Å². The highest BCUT2D eigenvalue weighted by molar-refractivity contribution is 7.71. The molecule has 0 aliphatic rings. The zero-order chi connectivity index (χ0) is 11.8. The van der Waals surface area contributed by atoms with Crippen LogP contribution in [0.1, 0.15) is 26.1 Å². The van der Waals surface area contributed by atoms with Gasteiger partial charge in [0.2, 0.25) is 0 Å². The van der Waals surface area contributed by atoms with Crippen LogP contribution >= 0.6 is 12.2 Å². The van der Waals surface area contributed by atoms with Crippen LogP contribution in [0.2, 0.25) is 0 Å². The highest BCUT2D eigenvalue weighted by Gasteiger charge is 1.96. The smallest absolute Gasteiger partial charge is 0.131 e. The standard InChI is InChI=1S/C11H19N3OS/c1-3-9-13-10(8-11(16)14-9)12-6-5-7-15-4-2/h8H,3-7H2,1-2H3,(H2,12,13,14,16). The van der Waals surface area contributed by atoms with E-state index in [1.54, 1.807) is 0 Å². The van der Waals surface area contributed by atoms with Crippen molar-refractivity contribution >= 4 is 18.0 Å². The van der Waals surface area contributed by atoms with E-state index in [1.165, 1.54) is 0 Å². The number of aryl methyl sites for hydroxylation is 1. The summed E-state index contributed by atoms with van der Waals surface area (Å²) in [4.78, 5) is 7.40. The molecule has 0 bridgehead atoms. The second-order valence-electron chi connectivity index (χ2n) is 3.41. The fraction of sp³-hybridized carbons (Fsp3) is 0.636. The molecule has 0 aliphatic heterocycles. The van der Waals surface area contributed by atoms with Gasteiger partial charge in [0.05, 0.1) is 0 Å². The van der Waals surface area contributed by atoms with Crippen molar-refractivity contribution in [2.24, 2.45) is 0 Å². The molecular weight excluding hydrogens is 222 g/mol. The van der Waals surface area contributed by atoms with Crippen molar-refractivity contribution in [1.29, 1.82) is 0 Å². The minimum atomic E-state index is 0.628. The number of aromatic amines is 1. The number of aromatic nitrogens is 2. The summed E-state index contributed by atoms with van der Waals surface area (Å²) in [6.07, 6.45) is 1.84. The number of nitrogens with one attached hydrogen (secondary N) is 2. The zero-order valence-corrected chi connectivity index (χ0v) is 10.7. The van der Waals surface area contributed by atoms with E-state index < -0.39 is 0 Å². The Bertz CT molecular complexity index is 364. The summed E-state index contributed by atoms with van der Waals surface area (Å²) in [7, 11) is 0. The molecule has 0 aliphatic carbocycles. The van der Waals surface area contributed by atoms with Gasteiger partial charge in [-0.2, -0.15) is 0 Å². The van der Waals surface area contributed by atoms with Gasteiger partial charge in [-0.05, 0) is 13.3 Å². The molecule has 0 radical (unpaired) electrons. The molecule has 1 aromatic heterocycles. The van der Waals surface area contributed by atoms with E-state index >= 15 is 0 Å². The van der Waals surface area contributed by atoms with E-state index in [2.05, 4.69) is 15.3 Å². The fourth-order valence-corrected chi connectivity index (χ4v) is 1.54. The van der Waals surface area contributed by atoms with E-state index in [1.807, 2.05) is 19.9 Å². The van der Waals surface area contributed by atoms with Crippen molar-refractivity contribution in [3.05, 3.63) is 16.5 Å². The third kappa shape index (κ3) is 4.72. The summed E-state index contributed by atoms with van der Waals surface area (Å²) in [6.45, 7) is 6.49. The Hall–Kier alpha value is -0.940. The number of hydrogen-bond donors (Lipinski definition) is 2. The van der Waals surface area contributed by atoms with Crippen LogP contribution in [0, 0.1) is 4.64 Å². The molecule has 1 rings (SSSR count). The molecule has 0 unspecified atom stereocenters. The van der Waals surface area contributed by atoms with Crippen molar-refractivity contribution in [3.8, 4) is 0 Å². The average Bonchev–Trinajstić information content (AvgIpc) is 2.28. The van der Waals surface area contributed by atoms with Crippen molar-refractivity contribution in [3.63, 3.8) is 0 Å². The molecule has 1 aromatic rings. The molecule has 16 heavy (non-hydrogen) atoms. The van der Waals surface area contributed by atoms with Gasteiger partial charge in [-0.25, -0.2) is 4.98 Å². The Morgan fingerprint density at radius 3 is 3.00 bits per heavy atom. The first-order valence-electron chi connectivity index (χ1n) is 5.68. The average molecular weight is 241 g/mol. The Morgan fingerprint density at radius 1 is 1.50 bits per heavy atom. The van der Waals surface area contributed by atoms with Gasteiger partial charge in [0, 0.05) is 32.2 Å². The normalized spacial score (nSPS) is 10.4. The van der Waals surface area contributed by atoms with E-state index in [0.717, 1.165) is 44.2 Å². The van der Waals surface area contributed by atoms with Crippen LogP contribution in [0.5, 0.6) is 0 Å². The van der Waals surface area contributed by atoms with Gasteiger partial charge in [0.1, 0.15) is 16.3 Å². The van der Waals surface area contributed by atoms with Gasteiger partial charge in [0.25, 0.3) is 0 Å². The van der Waals surface area contributed by atoms with Crippen LogP contribution in [0.15, 0.2) is 6.07 Å². The topological polar surface area (TPSA) is 49.9 Å². The lowest BCUT2D eigenvalue weighted by Crippen LogP contribution is -2.08. The molecule has 0 fully saturated rings. The summed E-state index contributed by atoms with van der Waals surface area (Å²) in [5.74, 6) is 1.85. The van der Waals surface area contributed by atoms with Crippen LogP contribution in [0.4, 0.5) is 5.82 Å². The van der Waals surface area contributed by atoms with Gasteiger partial charge in [-0.1, -0.05) is 19.1 Å². The largest absolute Gasteiger partial charge is 0.382 e. The lowest BCUT2D eigenvalue weighted by Gasteiger charge is -2.07. The Balaban J connectivity index is 2.41. The molecule has 0 atom stereocenters. The Morgan fingerprint density at radius 2 is 2.31 bits per heavy atom. The van der Waals surface area contributed by atoms with Gasteiger partial charge < -0.3 is 15.0 Å². The minimum Gasteiger partial charge on any atom is -0.382 e. The molecule has 0 aromatic carbocycles. The maximum atomic E-state index is 5.26. The van der Waals surface area contributed by atoms with Crippen LogP contribution in [-0.2, 0) is 11.2 Å². The number of hydrogen-bond acceptors (Lipinski definition) is 4. The van der Waals surface area contributed by atoms with Crippen LogP contribution in [-0.4, -0.2) is 29.7 Å². The van der Waals surface area contributed by atoms with Crippen molar-refractivity contribution in [2.75, 3.05) is 25.1 Å². The molecule has 0 spiro atoms. The highest BCUT2D eigenvalue weighted by atomic mass is 32.1. The third-order valence-corrected chi connectivity index (χ3v) is 2.32. The predicted molar refractivity (Wildman–Crippen MR) is 68.4 cm³/mol. The lowest BCUT2D eigenvalue weighted by molar-refractivity contribution is 0.147. The summed E-state index contributed by atoms with van der Waals surface area (Å²) in [5.41, 5.74) is 0. The van der Waals surface area contributed by atoms with Crippen molar-refractivity contribution < 1.29 is 4.74 Å². The van der Waals surface area contributed by atoms with Gasteiger partial charge in [-0.3, -0.25) is 0 Å². The first-order chi connectivity index (χ1) is 7.76. The van der Waals surface area contributed by atoms with E-state index in [9.17, 15) is 0 Å². The summed E-state index contributed by atoms with van der Waals surface area (Å²) in [6, 6.07) is 1.84. The summed E-state index contributed by atoms with van der Waals surface area (Å²) in [5, 5.41) is 3.28. The third-order valence-electron chi connectivity index (χ3n) is 2.11. The maximum Gasteiger partial charge on any atom is 0.131 e. The summed E-state index contributed by atoms with van der Waals surface area (Å²) >= 11 is 5.08. The highest BCUT2D eigenvalue weighted by Crippen LogP contribution is 2.04. The van der Waals surface area contributed by atoms with E-state index in [0.29, 0.717) is 4.64 Å². The number of anilines is 1. The van der Waals surface area contributed by atoms with Gasteiger partial charge in [0.15, 0.2) is 0 Å². The second-order valence-corrected chi connectivity index (χ2v) is 3.83. The SMILES string of the molecule is CCOCCCNc1cc(=S)nc(CC)[nH]1. The summed E-state index contributed by atoms with van der Waals surface area (Å²) < 4.78 is 5.88. The Kier molecular flexibility index (Phi) is 6.03. The quantitative estimate of drug-likeness (QED) is 0.569. The van der Waals surface area contributed by atoms with Crippen molar-refractivity contribution in [2.45, 2.75) is 26.7 Å². The monoisotopic (exact) mass is 241 g/mol. The molecule has 2 N–H and O–H groups in total. The second kappa shape index (κ2) is 7.35. The number of rotatable bonds is 7. The zero-order valence-electron chi connectivity index (χ0n) is 9.88. The van der Waals surface area contributed by atoms with Crippen molar-refractivity contribution in [1.82, 2.24) is 9.97 Å². The van der Waals surface area contributed by atoms with Crippen LogP contribution < -0.4 is 5.32 Å². The maximum absolute atomic E-state index is 5.26. The first-order valence-corrected chi connectivity index (χ1v) is 6.09. The van der Waals surface area contributed by atoms with Crippen LogP contribution in [0.25, 0.3) is 0 Å². The minimum absolute atomic E-state index is 0.628. The molecule has 0 saturated carbocycles. The molecule has 1 heterocycles. The van der Waals surface area contributed by atoms with E-state index in [-0.39, 0.29) is 0 Å². The first kappa shape index (κ1) is 13.1. The van der Waals surface area contributed by atoms with E-state index in [4.69, 9.17) is 17.0 Å². The molecule has 0 saturated heterocycles. The number of nitrogens with zero attached hydrogens (tertiary/aromatic N) is 1. The number of H-pyrrole nitrogens is 1. The lowest BCUT2D eigenvalue weighted by atomic mass is 10.4. The van der Waals surface area contributed by atoms with Gasteiger partial charge in [-0.15, -0.1) is 0 Å². The number of ether oxygens (including phenoxy) is 1. The molecular formula is C11H19N3OS. The fourth-order valence-electron chi connectivity index (χ4n) is 1.31. The molecule has 0 amide bonds. The van der Waals surface area contributed by atoms with Crippen LogP contribution in [0.3, 0.4) is 0 Å². The predicted octanol–water partition coefficient (Wildman–Crippen LogP) is 2.54.